The zero-order valence-corrected chi connectivity index (χ0v) is 24.3. The van der Waals surface area contributed by atoms with Crippen LogP contribution in [0.1, 0.15) is 29.8 Å². The number of carbonyl (C=O) groups is 2. The van der Waals surface area contributed by atoms with Gasteiger partial charge in [-0.3, -0.25) is 4.79 Å². The number of carbonyl (C=O) groups excluding carboxylic acids is 2. The molecular formula is C31H31BrN4O4. The van der Waals surface area contributed by atoms with Crippen molar-refractivity contribution in [3.63, 3.8) is 0 Å². The van der Waals surface area contributed by atoms with Gasteiger partial charge in [-0.25, -0.2) is 4.79 Å². The van der Waals surface area contributed by atoms with Crippen molar-refractivity contribution in [2.24, 2.45) is 10.5 Å². The van der Waals surface area contributed by atoms with E-state index in [0.717, 1.165) is 40.3 Å². The van der Waals surface area contributed by atoms with Crippen LogP contribution in [0.2, 0.25) is 0 Å². The lowest BCUT2D eigenvalue weighted by molar-refractivity contribution is -0.125. The lowest BCUT2D eigenvalue weighted by atomic mass is 9.67. The molecule has 0 radical (unpaired) electrons. The lowest BCUT2D eigenvalue weighted by Crippen LogP contribution is -2.67. The summed E-state index contributed by atoms with van der Waals surface area (Å²) in [5.41, 5.74) is 4.44. The Morgan fingerprint density at radius 3 is 2.48 bits per heavy atom. The Hall–Kier alpha value is -3.85. The number of halogens is 1. The molecule has 0 bridgehead atoms. The Balaban J connectivity index is 1.38. The quantitative estimate of drug-likeness (QED) is 0.369. The van der Waals surface area contributed by atoms with Crippen molar-refractivity contribution in [3.05, 3.63) is 82.3 Å². The van der Waals surface area contributed by atoms with Crippen LogP contribution in [0, 0.1) is 5.41 Å². The summed E-state index contributed by atoms with van der Waals surface area (Å²) in [4.78, 5) is 31.5. The van der Waals surface area contributed by atoms with Gasteiger partial charge in [0.1, 0.15) is 11.2 Å². The normalized spacial score (nSPS) is 21.7. The average molecular weight is 604 g/mol. The van der Waals surface area contributed by atoms with Crippen LogP contribution in [0.4, 0.5) is 17.1 Å². The number of amides is 1. The van der Waals surface area contributed by atoms with Gasteiger partial charge < -0.3 is 19.3 Å². The molecule has 3 heterocycles. The second-order valence-electron chi connectivity index (χ2n) is 10.3. The molecule has 40 heavy (non-hydrogen) atoms. The van der Waals surface area contributed by atoms with Crippen LogP contribution in [-0.2, 0) is 16.0 Å². The smallest absolute Gasteiger partial charge is 0.338 e. The van der Waals surface area contributed by atoms with Crippen molar-refractivity contribution in [1.29, 1.82) is 0 Å². The number of rotatable bonds is 5. The number of anilines is 3. The average Bonchev–Trinajstić information content (AvgIpc) is 3.22. The topological polar surface area (TPSA) is 74.7 Å². The third-order valence-corrected chi connectivity index (χ3v) is 8.79. The van der Waals surface area contributed by atoms with Crippen LogP contribution in [0.25, 0.3) is 0 Å². The number of fused-ring (bicyclic) bond motifs is 4. The van der Waals surface area contributed by atoms with E-state index in [9.17, 15) is 9.59 Å². The van der Waals surface area contributed by atoms with E-state index in [-0.39, 0.29) is 17.9 Å². The van der Waals surface area contributed by atoms with Gasteiger partial charge in [-0.15, -0.1) is 0 Å². The molecule has 3 aliphatic heterocycles. The van der Waals surface area contributed by atoms with Crippen LogP contribution in [0.5, 0.6) is 5.75 Å². The second kappa shape index (κ2) is 10.3. The molecule has 0 saturated carbocycles. The van der Waals surface area contributed by atoms with Crippen molar-refractivity contribution < 1.29 is 19.1 Å². The number of methoxy groups -OCH3 is 1. The minimum atomic E-state index is -0.835. The first-order chi connectivity index (χ1) is 19.3. The number of hydrogen-bond donors (Lipinski definition) is 0. The van der Waals surface area contributed by atoms with Crippen LogP contribution in [0.3, 0.4) is 0 Å². The molecule has 1 amide bonds. The number of piperazine rings is 1. The van der Waals surface area contributed by atoms with Crippen molar-refractivity contribution >= 4 is 50.6 Å². The van der Waals surface area contributed by atoms with E-state index >= 15 is 0 Å². The van der Waals surface area contributed by atoms with Crippen molar-refractivity contribution in [2.45, 2.75) is 26.3 Å². The van der Waals surface area contributed by atoms with E-state index in [0.29, 0.717) is 30.8 Å². The van der Waals surface area contributed by atoms with Gasteiger partial charge in [0.15, 0.2) is 0 Å². The molecular weight excluding hydrogens is 572 g/mol. The predicted octanol–water partition coefficient (Wildman–Crippen LogP) is 5.29. The highest BCUT2D eigenvalue weighted by atomic mass is 79.9. The third kappa shape index (κ3) is 4.23. The Morgan fingerprint density at radius 2 is 1.77 bits per heavy atom. The minimum absolute atomic E-state index is 0.0499. The van der Waals surface area contributed by atoms with E-state index in [1.54, 1.807) is 38.3 Å². The van der Waals surface area contributed by atoms with E-state index in [1.807, 2.05) is 19.1 Å². The summed E-state index contributed by atoms with van der Waals surface area (Å²) < 4.78 is 11.5. The molecule has 3 aromatic carbocycles. The molecule has 9 heteroatoms. The third-order valence-electron chi connectivity index (χ3n) is 8.30. The minimum Gasteiger partial charge on any atom is -0.497 e. The fraction of sp³-hybridized carbons (Fsp3) is 0.323. The van der Waals surface area contributed by atoms with Gasteiger partial charge in [-0.2, -0.15) is 10.1 Å². The van der Waals surface area contributed by atoms with Gasteiger partial charge in [0, 0.05) is 35.5 Å². The van der Waals surface area contributed by atoms with Gasteiger partial charge in [0.05, 0.1) is 36.7 Å². The summed E-state index contributed by atoms with van der Waals surface area (Å²) in [7, 11) is 1.67. The maximum Gasteiger partial charge on any atom is 0.338 e. The Morgan fingerprint density at radius 1 is 1.05 bits per heavy atom. The summed E-state index contributed by atoms with van der Waals surface area (Å²) in [5, 5.41) is 6.36. The van der Waals surface area contributed by atoms with Crippen molar-refractivity contribution in [3.8, 4) is 5.75 Å². The van der Waals surface area contributed by atoms with Gasteiger partial charge >= 0.3 is 5.97 Å². The van der Waals surface area contributed by atoms with Gasteiger partial charge in [0.25, 0.3) is 5.91 Å². The standard InChI is InChI=1S/C31H31BrN4O4/c1-4-40-29(37)21-5-8-25(9-6-21)36-30(38)31(20(2)33-36)18-22-17-23(32)7-14-27(22)35-16-15-34(19-28(31)35)24-10-12-26(39-3)13-11-24/h5-14,17,28H,4,15-16,18-19H2,1-3H3/t28-,31-/m1/s1. The van der Waals surface area contributed by atoms with E-state index in [4.69, 9.17) is 14.6 Å². The molecule has 6 rings (SSSR count). The van der Waals surface area contributed by atoms with Crippen LogP contribution >= 0.6 is 15.9 Å². The Kier molecular flexibility index (Phi) is 6.78. The SMILES string of the molecule is CCOC(=O)c1ccc(N2N=C(C)[C@@]3(Cc4cc(Br)ccc4N4CCN(c5ccc(OC)cc5)C[C@@H]43)C2=O)cc1. The Labute approximate surface area is 242 Å². The molecule has 0 unspecified atom stereocenters. The van der Waals surface area contributed by atoms with Crippen molar-refractivity contribution in [1.82, 2.24) is 0 Å². The van der Waals surface area contributed by atoms with E-state index < -0.39 is 5.41 Å². The fourth-order valence-corrected chi connectivity index (χ4v) is 6.67. The molecule has 206 valence electrons. The zero-order chi connectivity index (χ0) is 28.0. The molecule has 0 N–H and O–H groups in total. The maximum absolute atomic E-state index is 14.5. The molecule has 1 saturated heterocycles. The lowest BCUT2D eigenvalue weighted by Gasteiger charge is -2.53. The van der Waals surface area contributed by atoms with Crippen LogP contribution < -0.4 is 19.5 Å². The van der Waals surface area contributed by atoms with Gasteiger partial charge in [-0.05, 0) is 92.6 Å². The summed E-state index contributed by atoms with van der Waals surface area (Å²) in [5.74, 6) is 0.379. The molecule has 8 nitrogen and oxygen atoms in total. The maximum atomic E-state index is 14.5. The Bertz CT molecular complexity index is 1490. The van der Waals surface area contributed by atoms with Gasteiger partial charge in [0.2, 0.25) is 0 Å². The first-order valence-corrected chi connectivity index (χ1v) is 14.3. The number of nitrogens with zero attached hydrogens (tertiary/aromatic N) is 4. The highest BCUT2D eigenvalue weighted by Gasteiger charge is 2.60. The monoisotopic (exact) mass is 602 g/mol. The summed E-state index contributed by atoms with van der Waals surface area (Å²) in [6, 6.07) is 21.2. The summed E-state index contributed by atoms with van der Waals surface area (Å²) in [6.45, 7) is 6.34. The largest absolute Gasteiger partial charge is 0.497 e. The number of hydrogen-bond acceptors (Lipinski definition) is 7. The summed E-state index contributed by atoms with van der Waals surface area (Å²) >= 11 is 3.64. The number of hydrazone groups is 1. The van der Waals surface area contributed by atoms with Crippen LogP contribution in [0.15, 0.2) is 76.3 Å². The first kappa shape index (κ1) is 26.4. The predicted molar refractivity (Wildman–Crippen MR) is 160 cm³/mol. The molecule has 1 fully saturated rings. The van der Waals surface area contributed by atoms with E-state index in [1.165, 1.54) is 10.7 Å². The summed E-state index contributed by atoms with van der Waals surface area (Å²) in [6.07, 6.45) is 0.560. The zero-order valence-electron chi connectivity index (χ0n) is 22.8. The first-order valence-electron chi connectivity index (χ1n) is 13.5. The molecule has 0 aromatic heterocycles. The van der Waals surface area contributed by atoms with Crippen LogP contribution in [-0.4, -0.2) is 57.0 Å². The molecule has 3 aromatic rings. The fourth-order valence-electron chi connectivity index (χ4n) is 6.26. The highest BCUT2D eigenvalue weighted by molar-refractivity contribution is 9.10. The highest BCUT2D eigenvalue weighted by Crippen LogP contribution is 2.49. The number of benzene rings is 3. The number of esters is 1. The molecule has 0 aliphatic carbocycles. The van der Waals surface area contributed by atoms with E-state index in [2.05, 4.69) is 56.1 Å². The molecule has 2 atom stereocenters. The molecule has 1 spiro atoms. The second-order valence-corrected chi connectivity index (χ2v) is 11.3. The number of ether oxygens (including phenoxy) is 2. The van der Waals surface area contributed by atoms with Gasteiger partial charge in [-0.1, -0.05) is 15.9 Å². The van der Waals surface area contributed by atoms with Crippen molar-refractivity contribution in [2.75, 3.05) is 48.2 Å². The molecule has 3 aliphatic rings.